The molecular formula is C24H30Cl2N6OS2. The highest BCUT2D eigenvalue weighted by Gasteiger charge is 2.16. The molecule has 1 heterocycles. The number of nitrogens with one attached hydrogen (secondary N) is 1. The van der Waals surface area contributed by atoms with Crippen LogP contribution in [0.4, 0.5) is 17.3 Å². The normalized spacial score (nSPS) is 10.9. The van der Waals surface area contributed by atoms with Crippen molar-refractivity contribution in [3.63, 3.8) is 0 Å². The molecule has 7 nitrogen and oxygen atoms in total. The van der Waals surface area contributed by atoms with E-state index in [4.69, 9.17) is 23.2 Å². The predicted octanol–water partition coefficient (Wildman–Crippen LogP) is 9.36. The highest BCUT2D eigenvalue weighted by molar-refractivity contribution is 7.80. The number of nitrogens with zero attached hydrogens (tertiary/aromatic N) is 5. The zero-order valence-corrected chi connectivity index (χ0v) is 23.6. The first-order chi connectivity index (χ1) is 16.7. The maximum atomic E-state index is 11.0. The Labute approximate surface area is 227 Å². The molecule has 2 N–H and O–H groups in total. The minimum atomic E-state index is -0.122. The molecule has 0 unspecified atom stereocenters. The first-order valence-electron chi connectivity index (χ1n) is 11.0. The van der Waals surface area contributed by atoms with Gasteiger partial charge in [0, 0.05) is 15.2 Å². The second kappa shape index (κ2) is 15.6. The molecule has 0 atom stereocenters. The van der Waals surface area contributed by atoms with Gasteiger partial charge in [-0.3, -0.25) is 0 Å². The Morgan fingerprint density at radius 2 is 1.69 bits per heavy atom. The lowest BCUT2D eigenvalue weighted by Crippen LogP contribution is -2.00. The minimum Gasteiger partial charge on any atom is -0.505 e. The van der Waals surface area contributed by atoms with Crippen LogP contribution in [0.1, 0.15) is 47.5 Å². The molecule has 0 saturated heterocycles. The summed E-state index contributed by atoms with van der Waals surface area (Å²) in [6, 6.07) is 5.23. The Bertz CT molecular complexity index is 1200. The fraction of sp³-hybridized carbons (Fsp3) is 0.292. The lowest BCUT2D eigenvalue weighted by atomic mass is 10.1. The zero-order chi connectivity index (χ0) is 26.5. The summed E-state index contributed by atoms with van der Waals surface area (Å²) in [6.07, 6.45) is 5.46. The Balaban J connectivity index is 0.00000114. The second-order valence-electron chi connectivity index (χ2n) is 6.65. The number of phenolic OH excluding ortho intramolecular Hbond substituents is 1. The van der Waals surface area contributed by atoms with Gasteiger partial charge in [-0.25, -0.2) is 0 Å². The fourth-order valence-electron chi connectivity index (χ4n) is 2.66. The van der Waals surface area contributed by atoms with E-state index in [0.29, 0.717) is 31.9 Å². The third kappa shape index (κ3) is 9.00. The molecule has 3 aromatic rings. The van der Waals surface area contributed by atoms with Crippen LogP contribution in [0.15, 0.2) is 62.6 Å². The van der Waals surface area contributed by atoms with E-state index in [9.17, 15) is 5.11 Å². The van der Waals surface area contributed by atoms with Crippen molar-refractivity contribution in [2.24, 2.45) is 10.2 Å². The van der Waals surface area contributed by atoms with Gasteiger partial charge in [0.2, 0.25) is 16.5 Å². The standard InChI is InChI=1S/C19H16Cl2N6OS2.C3H8.C2H6/c1-3-5-10(4-2)26-27-15-13(30)7-9-6-11(29)8-12(14(9)16(15)28)22-19-24-17(20)23-18(21)25-19;1-3-2;1-2/h4-8,28-30H,2-3H2,1H3,(H,22,23,24,25);3H2,1-2H3;1-2H3/b10-5+,27-26?;;. The zero-order valence-electron chi connectivity index (χ0n) is 20.3. The minimum absolute atomic E-state index is 0.0696. The number of fused-ring (bicyclic) bond motifs is 1. The Hall–Kier alpha value is -2.33. The van der Waals surface area contributed by atoms with Crippen LogP contribution in [0.25, 0.3) is 10.8 Å². The van der Waals surface area contributed by atoms with Crippen molar-refractivity contribution in [1.82, 2.24) is 15.0 Å². The van der Waals surface area contributed by atoms with Gasteiger partial charge in [-0.15, -0.1) is 30.4 Å². The van der Waals surface area contributed by atoms with Crippen LogP contribution in [0.3, 0.4) is 0 Å². The smallest absolute Gasteiger partial charge is 0.232 e. The number of benzene rings is 2. The van der Waals surface area contributed by atoms with Crippen LogP contribution in [-0.2, 0) is 0 Å². The molecule has 11 heteroatoms. The van der Waals surface area contributed by atoms with Crippen LogP contribution in [-0.4, -0.2) is 20.1 Å². The number of hydrogen-bond donors (Lipinski definition) is 4. The van der Waals surface area contributed by atoms with Gasteiger partial charge in [-0.2, -0.15) is 20.1 Å². The highest BCUT2D eigenvalue weighted by atomic mass is 35.5. The number of anilines is 2. The monoisotopic (exact) mass is 552 g/mol. The molecule has 3 rings (SSSR count). The lowest BCUT2D eigenvalue weighted by molar-refractivity contribution is 0.481. The van der Waals surface area contributed by atoms with Crippen molar-refractivity contribution in [2.75, 3.05) is 5.32 Å². The van der Waals surface area contributed by atoms with Gasteiger partial charge in [-0.1, -0.05) is 53.7 Å². The van der Waals surface area contributed by atoms with Gasteiger partial charge < -0.3 is 10.4 Å². The number of phenols is 1. The van der Waals surface area contributed by atoms with Gasteiger partial charge in [0.15, 0.2) is 5.75 Å². The molecule has 188 valence electrons. The summed E-state index contributed by atoms with van der Waals surface area (Å²) in [5.74, 6) is -0.0131. The number of aromatic hydroxyl groups is 1. The van der Waals surface area contributed by atoms with Gasteiger partial charge in [-0.05, 0) is 59.3 Å². The van der Waals surface area contributed by atoms with Crippen molar-refractivity contribution in [2.45, 2.75) is 57.3 Å². The number of hydrogen-bond acceptors (Lipinski definition) is 9. The maximum Gasteiger partial charge on any atom is 0.232 e. The summed E-state index contributed by atoms with van der Waals surface area (Å²) in [5, 5.41) is 23.3. The molecule has 35 heavy (non-hydrogen) atoms. The van der Waals surface area contributed by atoms with E-state index in [2.05, 4.69) is 76.2 Å². The molecule has 0 aliphatic carbocycles. The first-order valence-corrected chi connectivity index (χ1v) is 12.7. The molecule has 0 aliphatic heterocycles. The summed E-state index contributed by atoms with van der Waals surface area (Å²) in [7, 11) is 0. The van der Waals surface area contributed by atoms with E-state index in [1.54, 1.807) is 24.3 Å². The second-order valence-corrected chi connectivity index (χ2v) is 8.33. The number of azo groups is 1. The van der Waals surface area contributed by atoms with Gasteiger partial charge >= 0.3 is 0 Å². The van der Waals surface area contributed by atoms with Crippen molar-refractivity contribution in [1.29, 1.82) is 0 Å². The van der Waals surface area contributed by atoms with E-state index < -0.39 is 0 Å². The van der Waals surface area contributed by atoms with Crippen molar-refractivity contribution in [3.8, 4) is 5.75 Å². The molecule has 0 saturated carbocycles. The number of halogens is 2. The van der Waals surface area contributed by atoms with Gasteiger partial charge in [0.1, 0.15) is 5.69 Å². The summed E-state index contributed by atoms with van der Waals surface area (Å²) < 4.78 is 0. The molecule has 0 radical (unpaired) electrons. The molecule has 0 fully saturated rings. The molecule has 1 aromatic heterocycles. The Kier molecular flexibility index (Phi) is 13.7. The third-order valence-electron chi connectivity index (χ3n) is 3.86. The summed E-state index contributed by atoms with van der Waals surface area (Å²) in [5.41, 5.74) is 1.26. The number of allylic oxidation sites excluding steroid dienone is 2. The number of aromatic nitrogens is 3. The van der Waals surface area contributed by atoms with Gasteiger partial charge in [0.25, 0.3) is 0 Å². The fourth-order valence-corrected chi connectivity index (χ4v) is 3.58. The molecule has 0 amide bonds. The predicted molar refractivity (Wildman–Crippen MR) is 154 cm³/mol. The largest absolute Gasteiger partial charge is 0.505 e. The van der Waals surface area contributed by atoms with Crippen LogP contribution in [0, 0.1) is 0 Å². The number of rotatable bonds is 6. The van der Waals surface area contributed by atoms with E-state index in [1.165, 1.54) is 6.42 Å². The van der Waals surface area contributed by atoms with E-state index in [0.717, 1.165) is 6.42 Å². The SMILES string of the molecule is C=C/C(=C\CC)N=Nc1c(S)cc2cc(S)cc(Nc3nc(Cl)nc(Cl)n3)c2c1O.CC.CCC. The summed E-state index contributed by atoms with van der Waals surface area (Å²) in [6.45, 7) is 13.9. The van der Waals surface area contributed by atoms with Crippen molar-refractivity contribution < 1.29 is 5.11 Å². The molecule has 0 aliphatic rings. The van der Waals surface area contributed by atoms with Crippen LogP contribution in [0.5, 0.6) is 5.75 Å². The van der Waals surface area contributed by atoms with Crippen LogP contribution < -0.4 is 5.32 Å². The van der Waals surface area contributed by atoms with Crippen molar-refractivity contribution >= 4 is 76.6 Å². The van der Waals surface area contributed by atoms with Gasteiger partial charge in [0.05, 0.1) is 11.4 Å². The Morgan fingerprint density at radius 3 is 2.23 bits per heavy atom. The summed E-state index contributed by atoms with van der Waals surface area (Å²) in [4.78, 5) is 12.8. The molecule has 2 aromatic carbocycles. The van der Waals surface area contributed by atoms with E-state index >= 15 is 0 Å². The molecule has 0 bridgehead atoms. The van der Waals surface area contributed by atoms with Crippen LogP contribution in [0.2, 0.25) is 10.6 Å². The average molecular weight is 554 g/mol. The highest BCUT2D eigenvalue weighted by Crippen LogP contribution is 2.45. The third-order valence-corrected chi connectivity index (χ3v) is 4.80. The average Bonchev–Trinajstić information content (AvgIpc) is 2.78. The van der Waals surface area contributed by atoms with Crippen molar-refractivity contribution in [3.05, 3.63) is 53.2 Å². The number of thiol groups is 2. The van der Waals surface area contributed by atoms with E-state index in [1.807, 2.05) is 26.8 Å². The molecule has 0 spiro atoms. The quantitative estimate of drug-likeness (QED) is 0.139. The van der Waals surface area contributed by atoms with E-state index in [-0.39, 0.29) is 28.0 Å². The molecular weight excluding hydrogens is 523 g/mol. The lowest BCUT2D eigenvalue weighted by Gasteiger charge is -2.13. The Morgan fingerprint density at radius 1 is 1.09 bits per heavy atom. The van der Waals surface area contributed by atoms with Crippen LogP contribution >= 0.6 is 48.5 Å². The first kappa shape index (κ1) is 30.7. The topological polar surface area (TPSA) is 95.7 Å². The summed E-state index contributed by atoms with van der Waals surface area (Å²) >= 11 is 20.6. The maximum absolute atomic E-state index is 11.0.